The molecule has 0 atom stereocenters. The van der Waals surface area contributed by atoms with Gasteiger partial charge in [-0.15, -0.1) is 0 Å². The Morgan fingerprint density at radius 1 is 1.39 bits per heavy atom. The van der Waals surface area contributed by atoms with Crippen LogP contribution in [0, 0.1) is 3.57 Å². The molecule has 1 N–H and O–H groups in total. The molecule has 18 heavy (non-hydrogen) atoms. The standard InChI is InChI=1S/C12H13BrIN3O/c1-3-8-9(14)11(15-4-2)17-12(16-8)10-7(13)5-6-18-10/h5-6H,3-4H2,1-2H3,(H,15,16,17). The van der Waals surface area contributed by atoms with Crippen LogP contribution in [-0.2, 0) is 6.42 Å². The molecule has 96 valence electrons. The van der Waals surface area contributed by atoms with Gasteiger partial charge in [0.2, 0.25) is 0 Å². The maximum absolute atomic E-state index is 5.42. The van der Waals surface area contributed by atoms with Crippen molar-refractivity contribution in [2.45, 2.75) is 20.3 Å². The number of nitrogens with one attached hydrogen (secondary N) is 1. The zero-order chi connectivity index (χ0) is 13.1. The highest BCUT2D eigenvalue weighted by atomic mass is 127. The van der Waals surface area contributed by atoms with Crippen molar-refractivity contribution in [2.24, 2.45) is 0 Å². The summed E-state index contributed by atoms with van der Waals surface area (Å²) in [5.41, 5.74) is 1.03. The number of aromatic nitrogens is 2. The molecule has 0 spiro atoms. The molecule has 4 nitrogen and oxygen atoms in total. The smallest absolute Gasteiger partial charge is 0.199 e. The van der Waals surface area contributed by atoms with Crippen LogP contribution in [0.3, 0.4) is 0 Å². The average Bonchev–Trinajstić information content (AvgIpc) is 2.78. The van der Waals surface area contributed by atoms with E-state index in [1.54, 1.807) is 6.26 Å². The van der Waals surface area contributed by atoms with E-state index in [9.17, 15) is 0 Å². The Hall–Kier alpha value is -0.630. The normalized spacial score (nSPS) is 10.7. The van der Waals surface area contributed by atoms with Gasteiger partial charge < -0.3 is 9.73 Å². The third kappa shape index (κ3) is 2.69. The van der Waals surface area contributed by atoms with Gasteiger partial charge in [-0.1, -0.05) is 6.92 Å². The summed E-state index contributed by atoms with van der Waals surface area (Å²) in [4.78, 5) is 9.08. The van der Waals surface area contributed by atoms with Gasteiger partial charge in [0.05, 0.1) is 20.0 Å². The Morgan fingerprint density at radius 3 is 2.72 bits per heavy atom. The van der Waals surface area contributed by atoms with Gasteiger partial charge in [-0.3, -0.25) is 0 Å². The highest BCUT2D eigenvalue weighted by Gasteiger charge is 2.15. The van der Waals surface area contributed by atoms with Crippen LogP contribution in [0.1, 0.15) is 19.5 Å². The SMILES string of the molecule is CCNc1nc(-c2occc2Br)nc(CC)c1I. The van der Waals surface area contributed by atoms with Gasteiger partial charge in [0.15, 0.2) is 11.6 Å². The quantitative estimate of drug-likeness (QED) is 0.755. The Kier molecular flexibility index (Phi) is 4.60. The van der Waals surface area contributed by atoms with Crippen molar-refractivity contribution in [3.05, 3.63) is 26.1 Å². The Bertz CT molecular complexity index is 556. The van der Waals surface area contributed by atoms with E-state index in [4.69, 9.17) is 4.42 Å². The largest absolute Gasteiger partial charge is 0.460 e. The topological polar surface area (TPSA) is 51.0 Å². The summed E-state index contributed by atoms with van der Waals surface area (Å²) in [6.07, 6.45) is 2.49. The third-order valence-corrected chi connectivity index (χ3v) is 4.18. The molecule has 2 aromatic heterocycles. The van der Waals surface area contributed by atoms with Crippen LogP contribution in [0.15, 0.2) is 21.2 Å². The Labute approximate surface area is 128 Å². The van der Waals surface area contributed by atoms with Crippen molar-refractivity contribution >= 4 is 44.3 Å². The molecular formula is C12H13BrIN3O. The predicted molar refractivity (Wildman–Crippen MR) is 83.7 cm³/mol. The predicted octanol–water partition coefficient (Wildman–Crippen LogP) is 4.10. The van der Waals surface area contributed by atoms with Gasteiger partial charge in [-0.05, 0) is 57.9 Å². The fourth-order valence-electron chi connectivity index (χ4n) is 1.57. The fraction of sp³-hybridized carbons (Fsp3) is 0.333. The molecule has 2 heterocycles. The van der Waals surface area contributed by atoms with Crippen molar-refractivity contribution in [3.63, 3.8) is 0 Å². The molecule has 6 heteroatoms. The first-order valence-electron chi connectivity index (χ1n) is 5.71. The second kappa shape index (κ2) is 6.01. The molecule has 0 fully saturated rings. The first-order chi connectivity index (χ1) is 8.67. The number of hydrogen-bond acceptors (Lipinski definition) is 4. The summed E-state index contributed by atoms with van der Waals surface area (Å²) in [6, 6.07) is 1.84. The monoisotopic (exact) mass is 421 g/mol. The second-order valence-electron chi connectivity index (χ2n) is 3.64. The van der Waals surface area contributed by atoms with E-state index in [1.165, 1.54) is 0 Å². The highest BCUT2D eigenvalue weighted by Crippen LogP contribution is 2.29. The Morgan fingerprint density at radius 2 is 2.17 bits per heavy atom. The zero-order valence-electron chi connectivity index (χ0n) is 10.1. The van der Waals surface area contributed by atoms with Crippen LogP contribution in [0.2, 0.25) is 0 Å². The van der Waals surface area contributed by atoms with E-state index in [-0.39, 0.29) is 0 Å². The van der Waals surface area contributed by atoms with Crippen LogP contribution >= 0.6 is 38.5 Å². The summed E-state index contributed by atoms with van der Waals surface area (Å²) in [6.45, 7) is 4.96. The molecule has 0 aliphatic heterocycles. The van der Waals surface area contributed by atoms with Crippen molar-refractivity contribution in [1.82, 2.24) is 9.97 Å². The van der Waals surface area contributed by atoms with Crippen molar-refractivity contribution in [2.75, 3.05) is 11.9 Å². The average molecular weight is 422 g/mol. The van der Waals surface area contributed by atoms with Gasteiger partial charge in [0.1, 0.15) is 5.82 Å². The van der Waals surface area contributed by atoms with Gasteiger partial charge in [0.25, 0.3) is 0 Å². The number of hydrogen-bond donors (Lipinski definition) is 1. The molecule has 0 unspecified atom stereocenters. The van der Waals surface area contributed by atoms with Crippen LogP contribution in [0.5, 0.6) is 0 Å². The molecule has 2 rings (SSSR count). The molecule has 0 aromatic carbocycles. The minimum absolute atomic E-state index is 0.611. The van der Waals surface area contributed by atoms with E-state index in [0.29, 0.717) is 11.6 Å². The van der Waals surface area contributed by atoms with Crippen LogP contribution in [0.4, 0.5) is 5.82 Å². The van der Waals surface area contributed by atoms with Gasteiger partial charge in [-0.25, -0.2) is 9.97 Å². The number of aryl methyl sites for hydroxylation is 1. The molecule has 0 saturated carbocycles. The summed E-state index contributed by atoms with van der Waals surface area (Å²) >= 11 is 5.71. The molecule has 0 aliphatic rings. The van der Waals surface area contributed by atoms with E-state index in [2.05, 4.69) is 60.7 Å². The maximum atomic E-state index is 5.42. The summed E-state index contributed by atoms with van der Waals surface area (Å²) in [7, 11) is 0. The van der Waals surface area contributed by atoms with Crippen molar-refractivity contribution in [1.29, 1.82) is 0 Å². The lowest BCUT2D eigenvalue weighted by Crippen LogP contribution is -2.07. The van der Waals surface area contributed by atoms with E-state index >= 15 is 0 Å². The summed E-state index contributed by atoms with van der Waals surface area (Å²) < 4.78 is 7.36. The molecule has 2 aromatic rings. The molecule has 0 aliphatic carbocycles. The number of anilines is 1. The van der Waals surface area contributed by atoms with Crippen LogP contribution in [0.25, 0.3) is 11.6 Å². The molecule has 0 amide bonds. The summed E-state index contributed by atoms with van der Waals surface area (Å²) in [5.74, 6) is 2.14. The fourth-order valence-corrected chi connectivity index (χ4v) is 2.76. The van der Waals surface area contributed by atoms with Crippen molar-refractivity contribution in [3.8, 4) is 11.6 Å². The van der Waals surface area contributed by atoms with E-state index in [1.807, 2.05) is 13.0 Å². The summed E-state index contributed by atoms with van der Waals surface area (Å²) in [5, 5.41) is 3.26. The molecular weight excluding hydrogens is 409 g/mol. The number of rotatable bonds is 4. The highest BCUT2D eigenvalue weighted by molar-refractivity contribution is 14.1. The Balaban J connectivity index is 2.55. The van der Waals surface area contributed by atoms with Gasteiger partial charge >= 0.3 is 0 Å². The molecule has 0 saturated heterocycles. The lowest BCUT2D eigenvalue weighted by molar-refractivity contribution is 0.575. The minimum Gasteiger partial charge on any atom is -0.460 e. The van der Waals surface area contributed by atoms with Crippen molar-refractivity contribution < 1.29 is 4.42 Å². The van der Waals surface area contributed by atoms with Crippen LogP contribution < -0.4 is 5.32 Å². The number of nitrogens with zero attached hydrogens (tertiary/aromatic N) is 2. The molecule has 0 bridgehead atoms. The number of halogens is 2. The molecule has 0 radical (unpaired) electrons. The van der Waals surface area contributed by atoms with E-state index in [0.717, 1.165) is 32.5 Å². The lowest BCUT2D eigenvalue weighted by Gasteiger charge is -2.10. The van der Waals surface area contributed by atoms with Gasteiger partial charge in [0, 0.05) is 6.54 Å². The third-order valence-electron chi connectivity index (χ3n) is 2.42. The zero-order valence-corrected chi connectivity index (χ0v) is 13.9. The second-order valence-corrected chi connectivity index (χ2v) is 5.57. The van der Waals surface area contributed by atoms with Crippen LogP contribution in [-0.4, -0.2) is 16.5 Å². The lowest BCUT2D eigenvalue weighted by atomic mass is 10.3. The maximum Gasteiger partial charge on any atom is 0.199 e. The number of furan rings is 1. The minimum atomic E-state index is 0.611. The van der Waals surface area contributed by atoms with E-state index < -0.39 is 0 Å². The van der Waals surface area contributed by atoms with Gasteiger partial charge in [-0.2, -0.15) is 0 Å². The first-order valence-corrected chi connectivity index (χ1v) is 7.58. The first kappa shape index (κ1) is 13.8.